The van der Waals surface area contributed by atoms with Crippen molar-refractivity contribution in [3.63, 3.8) is 0 Å². The van der Waals surface area contributed by atoms with Crippen molar-refractivity contribution in [1.29, 1.82) is 5.26 Å². The predicted molar refractivity (Wildman–Crippen MR) is 168 cm³/mol. The largest absolute Gasteiger partial charge is 0.313 e. The first-order chi connectivity index (χ1) is 17.9. The van der Waals surface area contributed by atoms with E-state index in [0.29, 0.717) is 12.5 Å². The van der Waals surface area contributed by atoms with Crippen molar-refractivity contribution in [1.82, 2.24) is 10.2 Å². The maximum Gasteiger partial charge on any atom is 0.0638 e. The summed E-state index contributed by atoms with van der Waals surface area (Å²) in [7, 11) is 0. The third-order valence-electron chi connectivity index (χ3n) is 5.58. The van der Waals surface area contributed by atoms with Gasteiger partial charge in [-0.15, -0.1) is 0 Å². The molecule has 0 radical (unpaired) electrons. The summed E-state index contributed by atoms with van der Waals surface area (Å²) >= 11 is 11.7. The zero-order valence-corrected chi connectivity index (χ0v) is 26.1. The molecule has 0 amide bonds. The van der Waals surface area contributed by atoms with Crippen molar-refractivity contribution in [3.8, 4) is 6.07 Å². The molecule has 0 fully saturated rings. The van der Waals surface area contributed by atoms with Gasteiger partial charge in [0.1, 0.15) is 0 Å². The highest BCUT2D eigenvalue weighted by atomic mass is 35.5. The molecule has 0 saturated heterocycles. The van der Waals surface area contributed by atoms with Crippen molar-refractivity contribution in [2.75, 3.05) is 19.6 Å². The maximum absolute atomic E-state index is 8.48. The van der Waals surface area contributed by atoms with Crippen molar-refractivity contribution in [2.45, 2.75) is 93.2 Å². The van der Waals surface area contributed by atoms with Crippen LogP contribution in [-0.4, -0.2) is 36.6 Å². The zero-order valence-electron chi connectivity index (χ0n) is 24.6. The number of likely N-dealkylation sites (N-methyl/N-ethyl adjacent to an activating group) is 1. The lowest BCUT2D eigenvalue weighted by atomic mass is 9.96. The second kappa shape index (κ2) is 24.5. The van der Waals surface area contributed by atoms with Gasteiger partial charge < -0.3 is 5.32 Å². The highest BCUT2D eigenvalue weighted by molar-refractivity contribution is 6.30. The lowest BCUT2D eigenvalue weighted by molar-refractivity contribution is 0.243. The average Bonchev–Trinajstić information content (AvgIpc) is 2.93. The highest BCUT2D eigenvalue weighted by Gasteiger charge is 2.18. The molecule has 0 saturated carbocycles. The number of hydrogen-bond donors (Lipinski definition) is 1. The summed E-state index contributed by atoms with van der Waals surface area (Å²) in [5.74, 6) is 0. The molecule has 0 aliphatic heterocycles. The second-order valence-corrected chi connectivity index (χ2v) is 9.05. The summed E-state index contributed by atoms with van der Waals surface area (Å²) in [6, 6.07) is 18.7. The Labute approximate surface area is 238 Å². The Morgan fingerprint density at radius 1 is 0.946 bits per heavy atom. The van der Waals surface area contributed by atoms with Crippen LogP contribution in [0.2, 0.25) is 10.0 Å². The van der Waals surface area contributed by atoms with Gasteiger partial charge in [-0.25, -0.2) is 0 Å². The Hall–Kier alpha value is -1.83. The average molecular weight is 549 g/mol. The zero-order chi connectivity index (χ0) is 28.6. The van der Waals surface area contributed by atoms with Gasteiger partial charge in [0.05, 0.1) is 12.5 Å². The first kappa shape index (κ1) is 37.3. The first-order valence-corrected chi connectivity index (χ1v) is 14.6. The van der Waals surface area contributed by atoms with Crippen molar-refractivity contribution >= 4 is 28.8 Å². The van der Waals surface area contributed by atoms with Crippen LogP contribution in [0, 0.1) is 11.3 Å². The molecule has 0 aliphatic rings. The van der Waals surface area contributed by atoms with Gasteiger partial charge in [0.15, 0.2) is 0 Å². The number of nitrogens with zero attached hydrogens (tertiary/aromatic N) is 2. The van der Waals surface area contributed by atoms with E-state index in [1.54, 1.807) is 0 Å². The molecular weight excluding hydrogens is 497 g/mol. The maximum atomic E-state index is 8.48. The molecule has 0 aliphatic carbocycles. The minimum Gasteiger partial charge on any atom is -0.313 e. The normalized spacial score (nSPS) is 11.4. The molecular formula is C32H51Cl2N3. The molecule has 37 heavy (non-hydrogen) atoms. The van der Waals surface area contributed by atoms with Crippen LogP contribution in [0.5, 0.6) is 0 Å². The molecule has 0 heterocycles. The molecule has 0 aromatic heterocycles. The third kappa shape index (κ3) is 16.6. The molecule has 0 bridgehead atoms. The van der Waals surface area contributed by atoms with Gasteiger partial charge in [0, 0.05) is 22.1 Å². The number of benzene rings is 2. The van der Waals surface area contributed by atoms with E-state index in [1.165, 1.54) is 23.1 Å². The van der Waals surface area contributed by atoms with E-state index < -0.39 is 0 Å². The SMILES string of the molecule is C=C(c1ccc(Cl)cc1)C(CC)N(CC)CCC.CC.CC.CC(CC#N)NCCc1ccc(Cl)cc1. The fraction of sp³-hybridized carbons (Fsp3) is 0.531. The van der Waals surface area contributed by atoms with E-state index in [0.717, 1.165) is 42.5 Å². The van der Waals surface area contributed by atoms with E-state index in [-0.39, 0.29) is 6.04 Å². The summed E-state index contributed by atoms with van der Waals surface area (Å²) in [6.45, 7) is 24.1. The van der Waals surface area contributed by atoms with E-state index in [1.807, 2.05) is 71.0 Å². The van der Waals surface area contributed by atoms with Crippen LogP contribution < -0.4 is 5.32 Å². The van der Waals surface area contributed by atoms with Crippen LogP contribution in [-0.2, 0) is 6.42 Å². The highest BCUT2D eigenvalue weighted by Crippen LogP contribution is 2.24. The van der Waals surface area contributed by atoms with Crippen LogP contribution in [0.1, 0.15) is 85.8 Å². The van der Waals surface area contributed by atoms with Gasteiger partial charge in [-0.1, -0.05) is 103 Å². The summed E-state index contributed by atoms with van der Waals surface area (Å²) < 4.78 is 0. The fourth-order valence-corrected chi connectivity index (χ4v) is 3.98. The molecule has 2 atom stereocenters. The molecule has 2 unspecified atom stereocenters. The van der Waals surface area contributed by atoms with Crippen LogP contribution in [0.15, 0.2) is 55.1 Å². The van der Waals surface area contributed by atoms with E-state index >= 15 is 0 Å². The van der Waals surface area contributed by atoms with E-state index in [2.05, 4.69) is 55.8 Å². The molecule has 0 spiro atoms. The van der Waals surface area contributed by atoms with Crippen LogP contribution in [0.4, 0.5) is 0 Å². The summed E-state index contributed by atoms with van der Waals surface area (Å²) in [4.78, 5) is 2.50. The van der Waals surface area contributed by atoms with Gasteiger partial charge in [-0.3, -0.25) is 4.90 Å². The molecule has 2 rings (SSSR count). The quantitative estimate of drug-likeness (QED) is 0.287. The smallest absolute Gasteiger partial charge is 0.0638 e. The Morgan fingerprint density at radius 2 is 1.46 bits per heavy atom. The number of nitrogens with one attached hydrogen (secondary N) is 1. The van der Waals surface area contributed by atoms with Gasteiger partial charge >= 0.3 is 0 Å². The van der Waals surface area contributed by atoms with Crippen LogP contribution in [0.3, 0.4) is 0 Å². The Morgan fingerprint density at radius 3 is 1.89 bits per heavy atom. The van der Waals surface area contributed by atoms with E-state index in [9.17, 15) is 0 Å². The third-order valence-corrected chi connectivity index (χ3v) is 6.08. The lowest BCUT2D eigenvalue weighted by Gasteiger charge is -2.31. The number of nitriles is 1. The van der Waals surface area contributed by atoms with E-state index in [4.69, 9.17) is 28.5 Å². The fourth-order valence-electron chi connectivity index (χ4n) is 3.73. The predicted octanol–water partition coefficient (Wildman–Crippen LogP) is 9.69. The Kier molecular flexibility index (Phi) is 24.7. The molecule has 2 aromatic carbocycles. The number of hydrogen-bond acceptors (Lipinski definition) is 3. The summed E-state index contributed by atoms with van der Waals surface area (Å²) in [5, 5.41) is 13.3. The molecule has 208 valence electrons. The number of halogens is 2. The Balaban J connectivity index is 0. The molecule has 1 N–H and O–H groups in total. The first-order valence-electron chi connectivity index (χ1n) is 13.9. The summed E-state index contributed by atoms with van der Waals surface area (Å²) in [5.41, 5.74) is 3.65. The molecule has 2 aromatic rings. The van der Waals surface area contributed by atoms with Crippen molar-refractivity contribution < 1.29 is 0 Å². The van der Waals surface area contributed by atoms with Gasteiger partial charge in [-0.05, 0) is 86.8 Å². The summed E-state index contributed by atoms with van der Waals surface area (Å²) in [6.07, 6.45) is 3.79. The molecule has 5 heteroatoms. The minimum atomic E-state index is 0.266. The monoisotopic (exact) mass is 547 g/mol. The standard InChI is InChI=1S/C16H24ClN.C12H15ClN2.2C2H6/c1-5-12-18(7-3)16(6-2)13(4)14-8-10-15(17)11-9-14;1-10(6-8-14)15-9-7-11-2-4-12(13)5-3-11;2*1-2/h8-11,16H,4-7,12H2,1-3H3;2-5,10,15H,6-7,9H2,1H3;2*1-2H3. The van der Waals surface area contributed by atoms with Crippen molar-refractivity contribution in [2.24, 2.45) is 0 Å². The molecule has 3 nitrogen and oxygen atoms in total. The topological polar surface area (TPSA) is 39.1 Å². The second-order valence-electron chi connectivity index (χ2n) is 8.18. The number of rotatable bonds is 12. The Bertz CT molecular complexity index is 842. The van der Waals surface area contributed by atoms with Crippen LogP contribution >= 0.6 is 23.2 Å². The lowest BCUT2D eigenvalue weighted by Crippen LogP contribution is -2.36. The minimum absolute atomic E-state index is 0.266. The van der Waals surface area contributed by atoms with Gasteiger partial charge in [0.2, 0.25) is 0 Å². The van der Waals surface area contributed by atoms with Crippen LogP contribution in [0.25, 0.3) is 5.57 Å². The van der Waals surface area contributed by atoms with Crippen molar-refractivity contribution in [3.05, 3.63) is 76.3 Å². The van der Waals surface area contributed by atoms with Gasteiger partial charge in [0.25, 0.3) is 0 Å². The van der Waals surface area contributed by atoms with Gasteiger partial charge in [-0.2, -0.15) is 5.26 Å².